The van der Waals surface area contributed by atoms with Gasteiger partial charge in [0.05, 0.1) is 11.5 Å². The van der Waals surface area contributed by atoms with Crippen molar-refractivity contribution in [3.63, 3.8) is 0 Å². The molecule has 1 N–H and O–H groups in total. The van der Waals surface area contributed by atoms with Crippen LogP contribution in [-0.4, -0.2) is 34.2 Å². The van der Waals surface area contributed by atoms with E-state index in [0.29, 0.717) is 18.4 Å². The van der Waals surface area contributed by atoms with Crippen molar-refractivity contribution in [1.82, 2.24) is 4.98 Å². The number of pyridine rings is 1. The van der Waals surface area contributed by atoms with Gasteiger partial charge in [0.25, 0.3) is 0 Å². The number of aliphatic hydroxyl groups is 1. The Morgan fingerprint density at radius 3 is 2.83 bits per heavy atom. The van der Waals surface area contributed by atoms with Crippen LogP contribution in [0, 0.1) is 21.4 Å². The summed E-state index contributed by atoms with van der Waals surface area (Å²) in [5.41, 5.74) is -0.484. The van der Waals surface area contributed by atoms with Crippen molar-refractivity contribution in [2.24, 2.45) is 0 Å². The summed E-state index contributed by atoms with van der Waals surface area (Å²) in [5, 5.41) is 28.6. The number of aromatic nitrogens is 1. The van der Waals surface area contributed by atoms with Crippen LogP contribution in [0.5, 0.6) is 0 Å². The molecular formula is C11H12N4O3. The molecule has 2 rings (SSSR count). The maximum Gasteiger partial charge on any atom is 0.305 e. The van der Waals surface area contributed by atoms with Crippen molar-refractivity contribution in [2.75, 3.05) is 18.1 Å². The van der Waals surface area contributed by atoms with E-state index in [-0.39, 0.29) is 18.0 Å². The van der Waals surface area contributed by atoms with Crippen LogP contribution >= 0.6 is 0 Å². The first-order valence-corrected chi connectivity index (χ1v) is 5.60. The van der Waals surface area contributed by atoms with Gasteiger partial charge in [0.2, 0.25) is 5.69 Å². The third-order valence-corrected chi connectivity index (χ3v) is 2.78. The second-order valence-corrected chi connectivity index (χ2v) is 4.05. The topological polar surface area (TPSA) is 103 Å². The summed E-state index contributed by atoms with van der Waals surface area (Å²) >= 11 is 0. The first-order valence-electron chi connectivity index (χ1n) is 5.60. The highest BCUT2D eigenvalue weighted by Crippen LogP contribution is 2.31. The maximum absolute atomic E-state index is 10.7. The molecule has 0 aliphatic heterocycles. The molecule has 0 spiro atoms. The van der Waals surface area contributed by atoms with Gasteiger partial charge in [0.15, 0.2) is 0 Å². The smallest absolute Gasteiger partial charge is 0.305 e. The number of hydrogen-bond donors (Lipinski definition) is 1. The van der Waals surface area contributed by atoms with E-state index in [9.17, 15) is 10.1 Å². The molecule has 7 nitrogen and oxygen atoms in total. The van der Waals surface area contributed by atoms with E-state index in [0.717, 1.165) is 12.8 Å². The van der Waals surface area contributed by atoms with Gasteiger partial charge in [-0.1, -0.05) is 0 Å². The zero-order valence-electron chi connectivity index (χ0n) is 9.61. The molecule has 1 aromatic heterocycles. The SMILES string of the molecule is N#Cc1nc(N(CCO)C2CC2)ccc1[N+](=O)[O-]. The number of nitrogens with zero attached hydrogens (tertiary/aromatic N) is 4. The van der Waals surface area contributed by atoms with Crippen molar-refractivity contribution in [3.8, 4) is 6.07 Å². The second kappa shape index (κ2) is 4.98. The first kappa shape index (κ1) is 12.3. The molecule has 0 bridgehead atoms. The third-order valence-electron chi connectivity index (χ3n) is 2.78. The predicted molar refractivity (Wildman–Crippen MR) is 63.1 cm³/mol. The summed E-state index contributed by atoms with van der Waals surface area (Å²) < 4.78 is 0. The highest BCUT2D eigenvalue weighted by atomic mass is 16.6. The zero-order chi connectivity index (χ0) is 13.1. The van der Waals surface area contributed by atoms with Crippen LogP contribution in [0.2, 0.25) is 0 Å². The maximum atomic E-state index is 10.7. The number of anilines is 1. The van der Waals surface area contributed by atoms with E-state index in [4.69, 9.17) is 10.4 Å². The minimum absolute atomic E-state index is 0.0168. The van der Waals surface area contributed by atoms with Crippen LogP contribution in [-0.2, 0) is 0 Å². The van der Waals surface area contributed by atoms with Crippen molar-refractivity contribution < 1.29 is 10.0 Å². The fraction of sp³-hybridized carbons (Fsp3) is 0.455. The van der Waals surface area contributed by atoms with Crippen molar-refractivity contribution in [1.29, 1.82) is 5.26 Å². The van der Waals surface area contributed by atoms with Gasteiger partial charge in [-0.3, -0.25) is 10.1 Å². The normalized spacial score (nSPS) is 14.0. The van der Waals surface area contributed by atoms with Gasteiger partial charge < -0.3 is 10.0 Å². The molecule has 1 fully saturated rings. The van der Waals surface area contributed by atoms with E-state index in [1.165, 1.54) is 12.1 Å². The Morgan fingerprint density at radius 1 is 1.61 bits per heavy atom. The molecule has 1 aromatic rings. The third kappa shape index (κ3) is 2.38. The second-order valence-electron chi connectivity index (χ2n) is 4.05. The van der Waals surface area contributed by atoms with Gasteiger partial charge in [0, 0.05) is 18.7 Å². The molecule has 1 heterocycles. The fourth-order valence-corrected chi connectivity index (χ4v) is 1.81. The van der Waals surface area contributed by atoms with E-state index >= 15 is 0 Å². The average molecular weight is 248 g/mol. The molecule has 0 aromatic carbocycles. The molecule has 0 saturated heterocycles. The van der Waals surface area contributed by atoms with Gasteiger partial charge in [-0.15, -0.1) is 0 Å². The van der Waals surface area contributed by atoms with Crippen LogP contribution in [0.25, 0.3) is 0 Å². The Morgan fingerprint density at radius 2 is 2.33 bits per heavy atom. The summed E-state index contributed by atoms with van der Waals surface area (Å²) in [4.78, 5) is 16.0. The van der Waals surface area contributed by atoms with Crippen molar-refractivity contribution in [2.45, 2.75) is 18.9 Å². The lowest BCUT2D eigenvalue weighted by atomic mass is 10.3. The van der Waals surface area contributed by atoms with Gasteiger partial charge in [-0.25, -0.2) is 4.98 Å². The van der Waals surface area contributed by atoms with Crippen LogP contribution in [0.1, 0.15) is 18.5 Å². The number of aliphatic hydroxyl groups excluding tert-OH is 1. The fourth-order valence-electron chi connectivity index (χ4n) is 1.81. The van der Waals surface area contributed by atoms with Crippen molar-refractivity contribution in [3.05, 3.63) is 27.9 Å². The van der Waals surface area contributed by atoms with Gasteiger partial charge in [0.1, 0.15) is 11.9 Å². The Labute approximate surface area is 103 Å². The predicted octanol–water partition coefficient (Wildman–Crippen LogP) is 0.823. The molecule has 1 aliphatic rings. The minimum Gasteiger partial charge on any atom is -0.395 e. The summed E-state index contributed by atoms with van der Waals surface area (Å²) in [6.45, 7) is 0.400. The van der Waals surface area contributed by atoms with Crippen molar-refractivity contribution >= 4 is 11.5 Å². The molecule has 0 amide bonds. The van der Waals surface area contributed by atoms with E-state index < -0.39 is 4.92 Å². The van der Waals surface area contributed by atoms with Crippen LogP contribution in [0.3, 0.4) is 0 Å². The molecule has 7 heteroatoms. The largest absolute Gasteiger partial charge is 0.395 e. The lowest BCUT2D eigenvalue weighted by molar-refractivity contribution is -0.385. The molecule has 1 aliphatic carbocycles. The van der Waals surface area contributed by atoms with Crippen LogP contribution < -0.4 is 4.90 Å². The van der Waals surface area contributed by atoms with Gasteiger partial charge in [-0.2, -0.15) is 5.26 Å². The van der Waals surface area contributed by atoms with E-state index in [1.54, 1.807) is 6.07 Å². The monoisotopic (exact) mass is 248 g/mol. The first-order chi connectivity index (χ1) is 8.67. The summed E-state index contributed by atoms with van der Waals surface area (Å²) in [7, 11) is 0. The molecule has 1 saturated carbocycles. The Bertz CT molecular complexity index is 508. The molecule has 18 heavy (non-hydrogen) atoms. The number of rotatable bonds is 5. The summed E-state index contributed by atoms with van der Waals surface area (Å²) in [6, 6.07) is 4.86. The summed E-state index contributed by atoms with van der Waals surface area (Å²) in [5.74, 6) is 0.508. The highest BCUT2D eigenvalue weighted by Gasteiger charge is 2.30. The van der Waals surface area contributed by atoms with E-state index in [1.807, 2.05) is 4.90 Å². The number of hydrogen-bond acceptors (Lipinski definition) is 6. The molecule has 0 unspecified atom stereocenters. The van der Waals surface area contributed by atoms with E-state index in [2.05, 4.69) is 4.98 Å². The summed E-state index contributed by atoms with van der Waals surface area (Å²) in [6.07, 6.45) is 2.03. The van der Waals surface area contributed by atoms with Gasteiger partial charge >= 0.3 is 5.69 Å². The van der Waals surface area contributed by atoms with Crippen LogP contribution in [0.4, 0.5) is 11.5 Å². The standard InChI is InChI=1S/C11H12N4O3/c12-7-9-10(15(17)18)3-4-11(13-9)14(5-6-16)8-1-2-8/h3-4,8,16H,1-2,5-6H2. The zero-order valence-corrected chi connectivity index (χ0v) is 9.61. The Hall–Kier alpha value is -2.20. The minimum atomic E-state index is -0.622. The van der Waals surface area contributed by atoms with Gasteiger partial charge in [-0.05, 0) is 18.9 Å². The molecular weight excluding hydrogens is 236 g/mol. The lowest BCUT2D eigenvalue weighted by Gasteiger charge is -2.22. The Balaban J connectivity index is 2.33. The highest BCUT2D eigenvalue weighted by molar-refractivity contribution is 5.52. The molecule has 0 radical (unpaired) electrons. The number of nitriles is 1. The lowest BCUT2D eigenvalue weighted by Crippen LogP contribution is -2.29. The van der Waals surface area contributed by atoms with Crippen LogP contribution in [0.15, 0.2) is 12.1 Å². The molecule has 0 atom stereocenters. The Kier molecular flexibility index (Phi) is 3.39. The average Bonchev–Trinajstić information content (AvgIpc) is 3.19. The molecule has 94 valence electrons. The number of nitro groups is 1. The quantitative estimate of drug-likeness (QED) is 0.611.